The Labute approximate surface area is 125 Å². The first-order chi connectivity index (χ1) is 9.93. The summed E-state index contributed by atoms with van der Waals surface area (Å²) in [7, 11) is -3.63. The van der Waals surface area contributed by atoms with Crippen LogP contribution in [-0.2, 0) is 14.8 Å². The van der Waals surface area contributed by atoms with Crippen LogP contribution >= 0.6 is 0 Å². The van der Waals surface area contributed by atoms with Gasteiger partial charge in [0.1, 0.15) is 0 Å². The fourth-order valence-electron chi connectivity index (χ4n) is 3.36. The van der Waals surface area contributed by atoms with E-state index in [-0.39, 0.29) is 16.9 Å². The fraction of sp³-hybridized carbons (Fsp3) is 0.600. The Morgan fingerprint density at radius 2 is 1.95 bits per heavy atom. The first-order valence-corrected chi connectivity index (χ1v) is 8.75. The van der Waals surface area contributed by atoms with Gasteiger partial charge in [0, 0.05) is 0 Å². The van der Waals surface area contributed by atoms with Crippen LogP contribution in [-0.4, -0.2) is 42.8 Å². The molecular formula is C15H21NO4S. The van der Waals surface area contributed by atoms with Crippen molar-refractivity contribution >= 4 is 10.0 Å². The second kappa shape index (κ2) is 5.35. The molecule has 3 rings (SSSR count). The van der Waals surface area contributed by atoms with E-state index in [9.17, 15) is 13.5 Å². The molecule has 1 aromatic rings. The highest BCUT2D eigenvalue weighted by Crippen LogP contribution is 2.40. The van der Waals surface area contributed by atoms with E-state index < -0.39 is 22.4 Å². The molecule has 0 amide bonds. The van der Waals surface area contributed by atoms with Gasteiger partial charge in [-0.3, -0.25) is 0 Å². The maximum absolute atomic E-state index is 12.8. The topological polar surface area (TPSA) is 66.8 Å². The molecule has 0 unspecified atom stereocenters. The lowest BCUT2D eigenvalue weighted by Gasteiger charge is -2.41. The van der Waals surface area contributed by atoms with E-state index in [0.29, 0.717) is 18.9 Å². The zero-order valence-electron chi connectivity index (χ0n) is 12.2. The van der Waals surface area contributed by atoms with Crippen LogP contribution in [0.5, 0.6) is 0 Å². The van der Waals surface area contributed by atoms with Crippen LogP contribution in [0.1, 0.15) is 20.3 Å². The summed E-state index contributed by atoms with van der Waals surface area (Å²) in [4.78, 5) is 0.251. The molecule has 6 heteroatoms. The Kier molecular flexibility index (Phi) is 3.81. The minimum Gasteiger partial charge on any atom is -0.389 e. The van der Waals surface area contributed by atoms with Gasteiger partial charge in [-0.15, -0.1) is 0 Å². The van der Waals surface area contributed by atoms with Crippen LogP contribution in [0.4, 0.5) is 0 Å². The van der Waals surface area contributed by atoms with E-state index in [1.165, 1.54) is 4.31 Å². The van der Waals surface area contributed by atoms with Gasteiger partial charge in [0.25, 0.3) is 0 Å². The molecule has 4 atom stereocenters. The molecule has 0 spiro atoms. The van der Waals surface area contributed by atoms with E-state index in [2.05, 4.69) is 13.8 Å². The lowest BCUT2D eigenvalue weighted by molar-refractivity contribution is -0.0877. The van der Waals surface area contributed by atoms with Crippen molar-refractivity contribution in [3.63, 3.8) is 0 Å². The number of aliphatic hydroxyl groups excluding tert-OH is 1. The van der Waals surface area contributed by atoms with E-state index >= 15 is 0 Å². The predicted octanol–water partition coefficient (Wildman–Crippen LogP) is 1.44. The molecule has 5 nitrogen and oxygen atoms in total. The quantitative estimate of drug-likeness (QED) is 0.917. The molecule has 1 N–H and O–H groups in total. The molecule has 116 valence electrons. The third-order valence-corrected chi connectivity index (χ3v) is 6.45. The molecular weight excluding hydrogens is 290 g/mol. The van der Waals surface area contributed by atoms with Gasteiger partial charge >= 0.3 is 0 Å². The van der Waals surface area contributed by atoms with E-state index in [1.54, 1.807) is 30.3 Å². The number of nitrogens with zero attached hydrogens (tertiary/aromatic N) is 1. The number of hydrogen-bond donors (Lipinski definition) is 1. The third kappa shape index (κ3) is 2.40. The van der Waals surface area contributed by atoms with Gasteiger partial charge in [0.2, 0.25) is 10.0 Å². The molecule has 2 aliphatic heterocycles. The van der Waals surface area contributed by atoms with Crippen molar-refractivity contribution in [3.05, 3.63) is 30.3 Å². The normalized spacial score (nSPS) is 33.5. The highest BCUT2D eigenvalue weighted by atomic mass is 32.2. The average Bonchev–Trinajstić information content (AvgIpc) is 2.82. The van der Waals surface area contributed by atoms with Gasteiger partial charge in [0.05, 0.1) is 23.6 Å². The smallest absolute Gasteiger partial charge is 0.245 e. The molecule has 2 aliphatic rings. The van der Waals surface area contributed by atoms with Gasteiger partial charge in [-0.2, -0.15) is 4.31 Å². The number of piperidine rings is 1. The van der Waals surface area contributed by atoms with Crippen molar-refractivity contribution in [3.8, 4) is 0 Å². The average molecular weight is 311 g/mol. The monoisotopic (exact) mass is 311 g/mol. The van der Waals surface area contributed by atoms with Crippen LogP contribution in [0.3, 0.4) is 0 Å². The van der Waals surface area contributed by atoms with E-state index in [4.69, 9.17) is 4.74 Å². The lowest BCUT2D eigenvalue weighted by Crippen LogP contribution is -2.55. The molecule has 2 heterocycles. The van der Waals surface area contributed by atoms with E-state index in [0.717, 1.165) is 0 Å². The first-order valence-electron chi connectivity index (χ1n) is 7.31. The number of aliphatic hydroxyl groups is 1. The van der Waals surface area contributed by atoms with Gasteiger partial charge in [-0.25, -0.2) is 8.42 Å². The summed E-state index contributed by atoms with van der Waals surface area (Å²) in [5.74, 6) is 0.373. The zero-order chi connectivity index (χ0) is 15.2. The van der Waals surface area contributed by atoms with Crippen LogP contribution < -0.4 is 0 Å². The molecule has 0 aliphatic carbocycles. The number of hydrogen-bond acceptors (Lipinski definition) is 4. The Balaban J connectivity index is 1.95. The maximum Gasteiger partial charge on any atom is 0.245 e. The minimum atomic E-state index is -3.63. The van der Waals surface area contributed by atoms with Crippen molar-refractivity contribution in [2.24, 2.45) is 11.8 Å². The maximum atomic E-state index is 12.8. The number of benzene rings is 1. The van der Waals surface area contributed by atoms with E-state index in [1.807, 2.05) is 0 Å². The molecule has 21 heavy (non-hydrogen) atoms. The Hall–Kier alpha value is -0.950. The van der Waals surface area contributed by atoms with Crippen LogP contribution in [0, 0.1) is 11.8 Å². The summed E-state index contributed by atoms with van der Waals surface area (Å²) >= 11 is 0. The van der Waals surface area contributed by atoms with Crippen molar-refractivity contribution in [1.29, 1.82) is 0 Å². The first kappa shape index (κ1) is 15.0. The second-order valence-electron chi connectivity index (χ2n) is 6.16. The molecule has 0 radical (unpaired) electrons. The Morgan fingerprint density at radius 3 is 2.57 bits per heavy atom. The molecule has 0 saturated carbocycles. The van der Waals surface area contributed by atoms with Crippen LogP contribution in [0.2, 0.25) is 0 Å². The number of sulfonamides is 1. The number of ether oxygens (including phenoxy) is 1. The molecule has 2 saturated heterocycles. The van der Waals surface area contributed by atoms with Crippen LogP contribution in [0.25, 0.3) is 0 Å². The standard InChI is InChI=1S/C15H21NO4S/c1-10(2)13-8-11-9-20-15(14(13)17)16(11)21(18,19)12-6-4-3-5-7-12/h3-7,10-11,13-15,17H,8-9H2,1-2H3/t11-,13-,14-,15-/m0/s1. The molecule has 2 fully saturated rings. The zero-order valence-corrected chi connectivity index (χ0v) is 13.0. The SMILES string of the molecule is CC(C)[C@@H]1C[C@H]2CO[C@@H]([C@H]1O)N2S(=O)(=O)c1ccccc1. The lowest BCUT2D eigenvalue weighted by atomic mass is 9.82. The molecule has 1 aromatic carbocycles. The Bertz CT molecular complexity index is 601. The molecule has 0 aromatic heterocycles. The van der Waals surface area contributed by atoms with Crippen molar-refractivity contribution in [2.45, 2.75) is 43.5 Å². The largest absolute Gasteiger partial charge is 0.389 e. The van der Waals surface area contributed by atoms with Gasteiger partial charge in [0.15, 0.2) is 6.23 Å². The summed E-state index contributed by atoms with van der Waals surface area (Å²) in [5, 5.41) is 10.5. The summed E-state index contributed by atoms with van der Waals surface area (Å²) in [6.07, 6.45) is -0.898. The summed E-state index contributed by atoms with van der Waals surface area (Å²) in [6.45, 7) is 4.46. The minimum absolute atomic E-state index is 0.0738. The summed E-state index contributed by atoms with van der Waals surface area (Å²) < 4.78 is 32.6. The van der Waals surface area contributed by atoms with Gasteiger partial charge < -0.3 is 9.84 Å². The number of fused-ring (bicyclic) bond motifs is 2. The van der Waals surface area contributed by atoms with Crippen LogP contribution in [0.15, 0.2) is 35.2 Å². The van der Waals surface area contributed by atoms with Crippen molar-refractivity contribution in [1.82, 2.24) is 4.31 Å². The third-order valence-electron chi connectivity index (χ3n) is 4.52. The highest BCUT2D eigenvalue weighted by molar-refractivity contribution is 7.89. The summed E-state index contributed by atoms with van der Waals surface area (Å²) in [6, 6.07) is 8.16. The Morgan fingerprint density at radius 1 is 1.29 bits per heavy atom. The van der Waals surface area contributed by atoms with Crippen molar-refractivity contribution < 1.29 is 18.3 Å². The highest BCUT2D eigenvalue weighted by Gasteiger charge is 2.53. The second-order valence-corrected chi connectivity index (χ2v) is 8.00. The fourth-order valence-corrected chi connectivity index (χ4v) is 5.11. The van der Waals surface area contributed by atoms with Gasteiger partial charge in [-0.1, -0.05) is 32.0 Å². The number of rotatable bonds is 3. The predicted molar refractivity (Wildman–Crippen MR) is 77.9 cm³/mol. The molecule has 2 bridgehead atoms. The summed E-state index contributed by atoms with van der Waals surface area (Å²) in [5.41, 5.74) is 0. The van der Waals surface area contributed by atoms with Gasteiger partial charge in [-0.05, 0) is 30.4 Å². The van der Waals surface area contributed by atoms with Crippen molar-refractivity contribution in [2.75, 3.05) is 6.61 Å².